The van der Waals surface area contributed by atoms with E-state index in [1.165, 1.54) is 36.3 Å². The zero-order valence-electron chi connectivity index (χ0n) is 26.1. The normalized spacial score (nSPS) is 12.2. The predicted octanol–water partition coefficient (Wildman–Crippen LogP) is 6.75. The maximum Gasteiger partial charge on any atom is 0.264 e. The first-order chi connectivity index (χ1) is 21.8. The summed E-state index contributed by atoms with van der Waals surface area (Å²) in [6.45, 7) is 4.90. The summed E-state index contributed by atoms with van der Waals surface area (Å²) in [5, 5.41) is 3.11. The molecule has 1 N–H and O–H groups in total. The Hall–Kier alpha value is -4.05. The molecule has 0 aliphatic carbocycles. The fourth-order valence-corrected chi connectivity index (χ4v) is 6.79. The van der Waals surface area contributed by atoms with E-state index in [1.54, 1.807) is 42.5 Å². The smallest absolute Gasteiger partial charge is 0.264 e. The van der Waals surface area contributed by atoms with Crippen LogP contribution in [0.4, 0.5) is 5.69 Å². The molecule has 4 aromatic carbocycles. The second kappa shape index (κ2) is 15.0. The number of hydrogen-bond acceptors (Lipinski definition) is 5. The van der Waals surface area contributed by atoms with E-state index >= 15 is 0 Å². The molecule has 0 heterocycles. The number of methoxy groups -OCH3 is 1. The summed E-state index contributed by atoms with van der Waals surface area (Å²) in [5.74, 6) is -0.433. The Morgan fingerprint density at radius 2 is 1.46 bits per heavy atom. The molecular formula is C35H37Cl2N3O5S. The fraction of sp³-hybridized carbons (Fsp3) is 0.257. The van der Waals surface area contributed by atoms with Crippen LogP contribution < -0.4 is 14.4 Å². The molecule has 0 fully saturated rings. The summed E-state index contributed by atoms with van der Waals surface area (Å²) < 4.78 is 34.6. The average Bonchev–Trinajstić information content (AvgIpc) is 3.03. The van der Waals surface area contributed by atoms with Gasteiger partial charge in [0.15, 0.2) is 0 Å². The minimum atomic E-state index is -4.32. The van der Waals surface area contributed by atoms with Gasteiger partial charge < -0.3 is 15.0 Å². The lowest BCUT2D eigenvalue weighted by atomic mass is 10.0. The molecule has 1 atom stereocenters. The molecule has 4 rings (SSSR count). The molecule has 0 unspecified atom stereocenters. The van der Waals surface area contributed by atoms with Gasteiger partial charge in [0.05, 0.1) is 27.7 Å². The minimum absolute atomic E-state index is 0.00635. The largest absolute Gasteiger partial charge is 0.497 e. The number of sulfonamides is 1. The van der Waals surface area contributed by atoms with Crippen LogP contribution in [-0.4, -0.2) is 50.4 Å². The van der Waals surface area contributed by atoms with Crippen LogP contribution in [0.3, 0.4) is 0 Å². The first kappa shape index (κ1) is 34.8. The van der Waals surface area contributed by atoms with E-state index in [-0.39, 0.29) is 39.5 Å². The van der Waals surface area contributed by atoms with Crippen molar-refractivity contribution in [3.63, 3.8) is 0 Å². The number of anilines is 1. The molecule has 11 heteroatoms. The first-order valence-corrected chi connectivity index (χ1v) is 16.8. The highest BCUT2D eigenvalue weighted by molar-refractivity contribution is 7.92. The van der Waals surface area contributed by atoms with E-state index in [9.17, 15) is 18.0 Å². The zero-order chi connectivity index (χ0) is 33.5. The summed E-state index contributed by atoms with van der Waals surface area (Å²) in [6.07, 6.45) is 0.182. The monoisotopic (exact) mass is 681 g/mol. The van der Waals surface area contributed by atoms with Crippen LogP contribution in [0.2, 0.25) is 10.0 Å². The van der Waals surface area contributed by atoms with Gasteiger partial charge in [0, 0.05) is 18.5 Å². The number of nitrogens with zero attached hydrogens (tertiary/aromatic N) is 2. The number of halogens is 2. The molecule has 0 aromatic heterocycles. The summed E-state index contributed by atoms with van der Waals surface area (Å²) >= 11 is 12.9. The molecule has 2 amide bonds. The molecule has 0 spiro atoms. The minimum Gasteiger partial charge on any atom is -0.497 e. The number of rotatable bonds is 12. The fourth-order valence-electron chi connectivity index (χ4n) is 4.89. The zero-order valence-corrected chi connectivity index (χ0v) is 28.4. The van der Waals surface area contributed by atoms with Crippen LogP contribution in [0, 0.1) is 0 Å². The van der Waals surface area contributed by atoms with Crippen molar-refractivity contribution < 1.29 is 22.7 Å². The van der Waals surface area contributed by atoms with Gasteiger partial charge in [-0.3, -0.25) is 13.9 Å². The van der Waals surface area contributed by atoms with Crippen LogP contribution in [0.25, 0.3) is 0 Å². The molecule has 0 saturated carbocycles. The topological polar surface area (TPSA) is 96.0 Å². The summed E-state index contributed by atoms with van der Waals surface area (Å²) in [4.78, 5) is 30.0. The standard InChI is InChI=1S/C35H37Cl2N3O5S/c1-35(2,3)38-34(42)31(22-25-13-7-5-8-14-25)39(23-26-15-11-16-27(21-26)45-4)32(41)24-40(30-20-12-19-29(36)33(30)37)46(43,44)28-17-9-6-10-18-28/h5-21,31H,22-24H2,1-4H3,(H,38,42)/t31-/m1/s1. The Kier molecular flexibility index (Phi) is 11.4. The lowest BCUT2D eigenvalue weighted by Crippen LogP contribution is -2.56. The predicted molar refractivity (Wildman–Crippen MR) is 183 cm³/mol. The molecule has 0 aliphatic rings. The Bertz CT molecular complexity index is 1760. The molecule has 0 aliphatic heterocycles. The molecule has 8 nitrogen and oxygen atoms in total. The number of benzene rings is 4. The van der Waals surface area contributed by atoms with Crippen LogP contribution >= 0.6 is 23.2 Å². The van der Waals surface area contributed by atoms with E-state index in [1.807, 2.05) is 57.2 Å². The van der Waals surface area contributed by atoms with Gasteiger partial charge in [-0.1, -0.05) is 89.9 Å². The van der Waals surface area contributed by atoms with E-state index in [0.717, 1.165) is 9.87 Å². The second-order valence-electron chi connectivity index (χ2n) is 11.7. The molecule has 0 bridgehead atoms. The quantitative estimate of drug-likeness (QED) is 0.178. The van der Waals surface area contributed by atoms with E-state index < -0.39 is 34.1 Å². The van der Waals surface area contributed by atoms with Gasteiger partial charge >= 0.3 is 0 Å². The maximum absolute atomic E-state index is 14.6. The van der Waals surface area contributed by atoms with Crippen molar-refractivity contribution in [2.45, 2.75) is 50.2 Å². The molecule has 46 heavy (non-hydrogen) atoms. The third kappa shape index (κ3) is 8.81. The van der Waals surface area contributed by atoms with Crippen molar-refractivity contribution in [3.05, 3.63) is 124 Å². The third-order valence-corrected chi connectivity index (χ3v) is 9.65. The van der Waals surface area contributed by atoms with Gasteiger partial charge in [-0.05, 0) is 68.3 Å². The average molecular weight is 683 g/mol. The first-order valence-electron chi connectivity index (χ1n) is 14.6. The number of amides is 2. The Balaban J connectivity index is 1.85. The second-order valence-corrected chi connectivity index (χ2v) is 14.4. The van der Waals surface area contributed by atoms with Gasteiger partial charge in [0.1, 0.15) is 18.3 Å². The highest BCUT2D eigenvalue weighted by Gasteiger charge is 2.36. The van der Waals surface area contributed by atoms with Crippen LogP contribution in [0.1, 0.15) is 31.9 Å². The van der Waals surface area contributed by atoms with E-state index in [2.05, 4.69) is 5.32 Å². The van der Waals surface area contributed by atoms with Crippen molar-refractivity contribution in [2.24, 2.45) is 0 Å². The van der Waals surface area contributed by atoms with E-state index in [4.69, 9.17) is 27.9 Å². The molecular weight excluding hydrogens is 645 g/mol. The van der Waals surface area contributed by atoms with Crippen LogP contribution in [0.15, 0.2) is 108 Å². The Morgan fingerprint density at radius 3 is 2.09 bits per heavy atom. The van der Waals surface area contributed by atoms with Crippen molar-refractivity contribution in [1.82, 2.24) is 10.2 Å². The van der Waals surface area contributed by atoms with Crippen LogP contribution in [-0.2, 0) is 32.6 Å². The van der Waals surface area contributed by atoms with Crippen LogP contribution in [0.5, 0.6) is 5.75 Å². The van der Waals surface area contributed by atoms with Crippen molar-refractivity contribution in [2.75, 3.05) is 18.0 Å². The van der Waals surface area contributed by atoms with Crippen molar-refractivity contribution in [3.8, 4) is 5.75 Å². The Morgan fingerprint density at radius 1 is 0.848 bits per heavy atom. The summed E-state index contributed by atoms with van der Waals surface area (Å²) in [6, 6.07) is 27.8. The third-order valence-electron chi connectivity index (χ3n) is 7.07. The molecule has 0 saturated heterocycles. The highest BCUT2D eigenvalue weighted by Crippen LogP contribution is 2.35. The highest BCUT2D eigenvalue weighted by atomic mass is 35.5. The van der Waals surface area contributed by atoms with Gasteiger partial charge in [0.2, 0.25) is 11.8 Å². The van der Waals surface area contributed by atoms with E-state index in [0.29, 0.717) is 11.3 Å². The number of hydrogen-bond donors (Lipinski definition) is 1. The number of ether oxygens (including phenoxy) is 1. The number of nitrogens with one attached hydrogen (secondary N) is 1. The summed E-state index contributed by atoms with van der Waals surface area (Å²) in [7, 11) is -2.78. The molecule has 242 valence electrons. The van der Waals surface area contributed by atoms with Gasteiger partial charge in [0.25, 0.3) is 10.0 Å². The lowest BCUT2D eigenvalue weighted by molar-refractivity contribution is -0.140. The number of carbonyl (C=O) groups excluding carboxylic acids is 2. The SMILES string of the molecule is COc1cccc(CN(C(=O)CN(c2cccc(Cl)c2Cl)S(=O)(=O)c2ccccc2)[C@H](Cc2ccccc2)C(=O)NC(C)(C)C)c1. The molecule has 0 radical (unpaired) electrons. The van der Waals surface area contributed by atoms with Gasteiger partial charge in [-0.25, -0.2) is 8.42 Å². The van der Waals surface area contributed by atoms with Gasteiger partial charge in [-0.2, -0.15) is 0 Å². The summed E-state index contributed by atoms with van der Waals surface area (Å²) in [5.41, 5.74) is 0.943. The maximum atomic E-state index is 14.6. The number of carbonyl (C=O) groups is 2. The lowest BCUT2D eigenvalue weighted by Gasteiger charge is -2.35. The van der Waals surface area contributed by atoms with Crippen molar-refractivity contribution in [1.29, 1.82) is 0 Å². The van der Waals surface area contributed by atoms with Gasteiger partial charge in [-0.15, -0.1) is 0 Å². The molecule has 4 aromatic rings. The van der Waals surface area contributed by atoms with Crippen molar-refractivity contribution >= 4 is 50.7 Å². The Labute approximate surface area is 280 Å².